The topological polar surface area (TPSA) is 75.9 Å². The number of pyridine rings is 1. The van der Waals surface area contributed by atoms with Crippen molar-refractivity contribution < 1.29 is 4.79 Å². The van der Waals surface area contributed by atoms with Gasteiger partial charge in [-0.05, 0) is 43.7 Å². The summed E-state index contributed by atoms with van der Waals surface area (Å²) in [6.45, 7) is 4.97. The highest BCUT2D eigenvalue weighted by molar-refractivity contribution is 5.79. The van der Waals surface area contributed by atoms with Crippen molar-refractivity contribution in [2.45, 2.75) is 52.2 Å². The van der Waals surface area contributed by atoms with Gasteiger partial charge >= 0.3 is 0 Å². The Bertz CT molecular complexity index is 751. The van der Waals surface area contributed by atoms with Crippen molar-refractivity contribution in [2.75, 3.05) is 11.9 Å². The van der Waals surface area contributed by atoms with E-state index in [-0.39, 0.29) is 5.92 Å². The molecule has 0 radical (unpaired) electrons. The van der Waals surface area contributed by atoms with Gasteiger partial charge in [-0.2, -0.15) is 0 Å². The van der Waals surface area contributed by atoms with Crippen LogP contribution in [0, 0.1) is 11.8 Å². The van der Waals surface area contributed by atoms with Crippen LogP contribution < -0.4 is 5.32 Å². The number of aromatic nitrogens is 4. The zero-order chi connectivity index (χ0) is 17.9. The number of hydrogen-bond donors (Lipinski definition) is 1. The zero-order valence-electron chi connectivity index (χ0n) is 15.3. The maximum atomic E-state index is 12.8. The Morgan fingerprint density at radius 3 is 2.85 bits per heavy atom. The summed E-state index contributed by atoms with van der Waals surface area (Å²) in [5.74, 6) is 3.06. The lowest BCUT2D eigenvalue weighted by Gasteiger charge is -2.33. The average Bonchev–Trinajstić information content (AvgIpc) is 3.09. The highest BCUT2D eigenvalue weighted by Crippen LogP contribution is 2.30. The van der Waals surface area contributed by atoms with Gasteiger partial charge in [-0.1, -0.05) is 6.92 Å². The predicted octanol–water partition coefficient (Wildman–Crippen LogP) is 2.45. The Labute approximate surface area is 153 Å². The Hall–Kier alpha value is -2.44. The van der Waals surface area contributed by atoms with Crippen molar-refractivity contribution in [1.29, 1.82) is 0 Å². The van der Waals surface area contributed by atoms with Crippen LogP contribution in [0.1, 0.15) is 44.3 Å². The standard InChI is InChI=1S/C19H26N6O/c1-14-4-6-15(7-5-14)19(26)24-9-10-25-17(22-23-18(25)13-24)12-21-16-3-2-8-20-11-16/h2-3,8,11,14-15,21H,4-7,9-10,12-13H2,1H3. The van der Waals surface area contributed by atoms with E-state index in [9.17, 15) is 4.79 Å². The van der Waals surface area contributed by atoms with Gasteiger partial charge in [-0.15, -0.1) is 10.2 Å². The van der Waals surface area contributed by atoms with Crippen LogP contribution in [-0.4, -0.2) is 37.1 Å². The molecule has 0 spiro atoms. The fourth-order valence-corrected chi connectivity index (χ4v) is 3.95. The second kappa shape index (κ2) is 7.43. The lowest BCUT2D eigenvalue weighted by atomic mass is 9.82. The molecular formula is C19H26N6O. The Kier molecular flexibility index (Phi) is 4.86. The van der Waals surface area contributed by atoms with E-state index in [2.05, 4.69) is 32.0 Å². The van der Waals surface area contributed by atoms with Crippen LogP contribution in [0.5, 0.6) is 0 Å². The van der Waals surface area contributed by atoms with E-state index in [4.69, 9.17) is 0 Å². The third-order valence-electron chi connectivity index (χ3n) is 5.62. The van der Waals surface area contributed by atoms with Crippen molar-refractivity contribution in [3.63, 3.8) is 0 Å². The van der Waals surface area contributed by atoms with Crippen molar-refractivity contribution in [3.05, 3.63) is 36.2 Å². The number of nitrogens with one attached hydrogen (secondary N) is 1. The van der Waals surface area contributed by atoms with E-state index in [1.165, 1.54) is 12.8 Å². The first-order valence-corrected chi connectivity index (χ1v) is 9.54. The number of hydrogen-bond acceptors (Lipinski definition) is 5. The monoisotopic (exact) mass is 354 g/mol. The molecule has 2 aliphatic rings. The van der Waals surface area contributed by atoms with Gasteiger partial charge in [0, 0.05) is 31.4 Å². The van der Waals surface area contributed by atoms with Crippen LogP contribution in [-0.2, 0) is 24.4 Å². The summed E-state index contributed by atoms with van der Waals surface area (Å²) in [5, 5.41) is 12.0. The van der Waals surface area contributed by atoms with E-state index in [0.717, 1.165) is 49.2 Å². The molecule has 1 fully saturated rings. The summed E-state index contributed by atoms with van der Waals surface area (Å²) in [7, 11) is 0. The van der Waals surface area contributed by atoms with Crippen molar-refractivity contribution in [2.24, 2.45) is 11.8 Å². The quantitative estimate of drug-likeness (QED) is 0.913. The van der Waals surface area contributed by atoms with Gasteiger partial charge in [0.05, 0.1) is 18.8 Å². The highest BCUT2D eigenvalue weighted by Gasteiger charge is 2.31. The minimum Gasteiger partial charge on any atom is -0.376 e. The molecule has 0 atom stereocenters. The summed E-state index contributed by atoms with van der Waals surface area (Å²) >= 11 is 0. The van der Waals surface area contributed by atoms with Crippen LogP contribution >= 0.6 is 0 Å². The number of carbonyl (C=O) groups is 1. The first kappa shape index (κ1) is 17.0. The zero-order valence-corrected chi connectivity index (χ0v) is 15.3. The Balaban J connectivity index is 1.37. The average molecular weight is 354 g/mol. The second-order valence-corrected chi connectivity index (χ2v) is 7.50. The number of fused-ring (bicyclic) bond motifs is 1. The van der Waals surface area contributed by atoms with Crippen LogP contribution in [0.25, 0.3) is 0 Å². The van der Waals surface area contributed by atoms with E-state index in [1.54, 1.807) is 12.4 Å². The van der Waals surface area contributed by atoms with Gasteiger partial charge in [0.1, 0.15) is 0 Å². The second-order valence-electron chi connectivity index (χ2n) is 7.50. The van der Waals surface area contributed by atoms with Crippen molar-refractivity contribution in [3.8, 4) is 0 Å². The van der Waals surface area contributed by atoms with Crippen molar-refractivity contribution in [1.82, 2.24) is 24.6 Å². The molecule has 4 rings (SSSR count). The summed E-state index contributed by atoms with van der Waals surface area (Å²) in [6.07, 6.45) is 7.95. The molecule has 0 bridgehead atoms. The van der Waals surface area contributed by atoms with Crippen LogP contribution in [0.4, 0.5) is 5.69 Å². The molecule has 2 aromatic heterocycles. The molecule has 1 N–H and O–H groups in total. The maximum Gasteiger partial charge on any atom is 0.226 e. The van der Waals surface area contributed by atoms with E-state index in [1.807, 2.05) is 17.0 Å². The van der Waals surface area contributed by atoms with Gasteiger partial charge < -0.3 is 14.8 Å². The number of anilines is 1. The Morgan fingerprint density at radius 1 is 1.23 bits per heavy atom. The molecule has 1 aliphatic carbocycles. The van der Waals surface area contributed by atoms with E-state index in [0.29, 0.717) is 19.0 Å². The van der Waals surface area contributed by atoms with Crippen LogP contribution in [0.3, 0.4) is 0 Å². The molecule has 0 unspecified atom stereocenters. The summed E-state index contributed by atoms with van der Waals surface area (Å²) in [6, 6.07) is 3.88. The van der Waals surface area contributed by atoms with Gasteiger partial charge in [0.2, 0.25) is 5.91 Å². The summed E-state index contributed by atoms with van der Waals surface area (Å²) < 4.78 is 2.14. The maximum absolute atomic E-state index is 12.8. The lowest BCUT2D eigenvalue weighted by Crippen LogP contribution is -2.42. The molecule has 0 saturated heterocycles. The molecule has 26 heavy (non-hydrogen) atoms. The van der Waals surface area contributed by atoms with Crippen LogP contribution in [0.15, 0.2) is 24.5 Å². The minimum absolute atomic E-state index is 0.201. The molecule has 1 aliphatic heterocycles. The molecule has 7 heteroatoms. The first-order chi connectivity index (χ1) is 12.7. The molecule has 1 saturated carbocycles. The number of rotatable bonds is 4. The number of nitrogens with zero attached hydrogens (tertiary/aromatic N) is 5. The molecule has 7 nitrogen and oxygen atoms in total. The molecule has 3 heterocycles. The van der Waals surface area contributed by atoms with Gasteiger partial charge in [0.25, 0.3) is 0 Å². The normalized spacial score (nSPS) is 22.7. The Morgan fingerprint density at radius 2 is 2.08 bits per heavy atom. The van der Waals surface area contributed by atoms with E-state index >= 15 is 0 Å². The first-order valence-electron chi connectivity index (χ1n) is 9.54. The number of carbonyl (C=O) groups excluding carboxylic acids is 1. The molecule has 138 valence electrons. The van der Waals surface area contributed by atoms with Gasteiger partial charge in [0.15, 0.2) is 11.6 Å². The van der Waals surface area contributed by atoms with Gasteiger partial charge in [-0.25, -0.2) is 0 Å². The fraction of sp³-hybridized carbons (Fsp3) is 0.579. The third kappa shape index (κ3) is 3.57. The van der Waals surface area contributed by atoms with Crippen molar-refractivity contribution >= 4 is 11.6 Å². The summed E-state index contributed by atoms with van der Waals surface area (Å²) in [4.78, 5) is 18.9. The fourth-order valence-electron chi connectivity index (χ4n) is 3.95. The molecule has 1 amide bonds. The number of amides is 1. The molecular weight excluding hydrogens is 328 g/mol. The molecule has 2 aromatic rings. The van der Waals surface area contributed by atoms with E-state index < -0.39 is 0 Å². The largest absolute Gasteiger partial charge is 0.376 e. The van der Waals surface area contributed by atoms with Gasteiger partial charge in [-0.3, -0.25) is 9.78 Å². The highest BCUT2D eigenvalue weighted by atomic mass is 16.2. The van der Waals surface area contributed by atoms with Crippen LogP contribution in [0.2, 0.25) is 0 Å². The smallest absolute Gasteiger partial charge is 0.226 e. The molecule has 0 aromatic carbocycles. The summed E-state index contributed by atoms with van der Waals surface area (Å²) in [5.41, 5.74) is 0.962. The SMILES string of the molecule is CC1CCC(C(=O)N2CCn3c(CNc4cccnc4)nnc3C2)CC1. The third-order valence-corrected chi connectivity index (χ3v) is 5.62. The minimum atomic E-state index is 0.201. The predicted molar refractivity (Wildman–Crippen MR) is 98.1 cm³/mol. The lowest BCUT2D eigenvalue weighted by molar-refractivity contribution is -0.138.